The van der Waals surface area contributed by atoms with E-state index in [1.165, 1.54) is 18.2 Å². The lowest BCUT2D eigenvalue weighted by Gasteiger charge is -2.25. The second-order valence-electron chi connectivity index (χ2n) is 6.86. The maximum Gasteiger partial charge on any atom is 0.325 e. The van der Waals surface area contributed by atoms with Crippen molar-refractivity contribution >= 4 is 23.5 Å². The SMILES string of the molecule is C[C@@]1(c2ccc3c(c2)OCCO3)NC(=O)N(CC(=O)Nc2cccc(F)c2)C1=O. The normalized spacial score (nSPS) is 20.4. The number of rotatable bonds is 4. The molecule has 0 radical (unpaired) electrons. The Hall–Kier alpha value is -3.62. The molecular weight excluding hydrogens is 381 g/mol. The third-order valence-electron chi connectivity index (χ3n) is 4.80. The minimum Gasteiger partial charge on any atom is -0.486 e. The summed E-state index contributed by atoms with van der Waals surface area (Å²) in [7, 11) is 0. The molecule has 2 aromatic carbocycles. The summed E-state index contributed by atoms with van der Waals surface area (Å²) in [5.74, 6) is -0.658. The Morgan fingerprint density at radius 1 is 1.17 bits per heavy atom. The largest absolute Gasteiger partial charge is 0.486 e. The number of hydrogen-bond donors (Lipinski definition) is 2. The first kappa shape index (κ1) is 18.7. The first-order valence-electron chi connectivity index (χ1n) is 8.96. The molecule has 8 nitrogen and oxygen atoms in total. The van der Waals surface area contributed by atoms with Gasteiger partial charge in [-0.25, -0.2) is 9.18 Å². The van der Waals surface area contributed by atoms with Gasteiger partial charge in [-0.1, -0.05) is 12.1 Å². The van der Waals surface area contributed by atoms with Gasteiger partial charge >= 0.3 is 6.03 Å². The second-order valence-corrected chi connectivity index (χ2v) is 6.86. The molecule has 0 aliphatic carbocycles. The predicted octanol–water partition coefficient (Wildman–Crippen LogP) is 2.00. The number of nitrogens with one attached hydrogen (secondary N) is 2. The van der Waals surface area contributed by atoms with E-state index in [-0.39, 0.29) is 5.69 Å². The van der Waals surface area contributed by atoms with Gasteiger partial charge < -0.3 is 20.1 Å². The summed E-state index contributed by atoms with van der Waals surface area (Å²) >= 11 is 0. The smallest absolute Gasteiger partial charge is 0.325 e. The number of imide groups is 1. The second kappa shape index (κ2) is 7.08. The molecule has 4 amide bonds. The molecule has 2 heterocycles. The summed E-state index contributed by atoms with van der Waals surface area (Å²) in [5, 5.41) is 5.10. The van der Waals surface area contributed by atoms with Gasteiger partial charge in [0.25, 0.3) is 5.91 Å². The van der Waals surface area contributed by atoms with Crippen molar-refractivity contribution in [2.24, 2.45) is 0 Å². The summed E-state index contributed by atoms with van der Waals surface area (Å²) in [6.45, 7) is 1.89. The van der Waals surface area contributed by atoms with Crippen LogP contribution in [0.2, 0.25) is 0 Å². The van der Waals surface area contributed by atoms with E-state index in [0.29, 0.717) is 30.3 Å². The molecule has 1 atom stereocenters. The Balaban J connectivity index is 1.51. The molecular formula is C20H18FN3O5. The summed E-state index contributed by atoms with van der Waals surface area (Å²) in [4.78, 5) is 38.5. The van der Waals surface area contributed by atoms with Crippen molar-refractivity contribution in [1.29, 1.82) is 0 Å². The number of anilines is 1. The van der Waals surface area contributed by atoms with Crippen LogP contribution < -0.4 is 20.1 Å². The predicted molar refractivity (Wildman–Crippen MR) is 100 cm³/mol. The number of fused-ring (bicyclic) bond motifs is 1. The summed E-state index contributed by atoms with van der Waals surface area (Å²) in [5.41, 5.74) is -0.615. The van der Waals surface area contributed by atoms with Gasteiger partial charge in [-0.2, -0.15) is 0 Å². The highest BCUT2D eigenvalue weighted by Gasteiger charge is 2.49. The number of urea groups is 1. The average molecular weight is 399 g/mol. The standard InChI is InChI=1S/C20H18FN3O5/c1-20(12-5-6-15-16(9-12)29-8-7-28-15)18(26)24(19(27)23-20)11-17(25)22-14-4-2-3-13(21)10-14/h2-6,9-10H,7-8,11H2,1H3,(H,22,25)(H,23,27)/t20-/m0/s1. The van der Waals surface area contributed by atoms with Crippen LogP contribution in [0.25, 0.3) is 0 Å². The number of nitrogens with zero attached hydrogens (tertiary/aromatic N) is 1. The van der Waals surface area contributed by atoms with Gasteiger partial charge in [-0.3, -0.25) is 14.5 Å². The molecule has 4 rings (SSSR count). The number of carbonyl (C=O) groups excluding carboxylic acids is 3. The maximum atomic E-state index is 13.3. The minimum atomic E-state index is -1.36. The van der Waals surface area contributed by atoms with Crippen molar-refractivity contribution in [3.63, 3.8) is 0 Å². The van der Waals surface area contributed by atoms with E-state index in [0.717, 1.165) is 11.0 Å². The molecule has 0 unspecified atom stereocenters. The van der Waals surface area contributed by atoms with Crippen LogP contribution in [0.5, 0.6) is 11.5 Å². The molecule has 0 spiro atoms. The van der Waals surface area contributed by atoms with E-state index in [4.69, 9.17) is 9.47 Å². The molecule has 2 N–H and O–H groups in total. The maximum absolute atomic E-state index is 13.3. The van der Waals surface area contributed by atoms with Gasteiger partial charge in [0.1, 0.15) is 31.1 Å². The van der Waals surface area contributed by atoms with Crippen LogP contribution >= 0.6 is 0 Å². The van der Waals surface area contributed by atoms with Gasteiger partial charge in [0.15, 0.2) is 11.5 Å². The summed E-state index contributed by atoms with van der Waals surface area (Å²) in [6.07, 6.45) is 0. The first-order chi connectivity index (χ1) is 13.9. The Kier molecular flexibility index (Phi) is 4.57. The van der Waals surface area contributed by atoms with Crippen LogP contribution in [0.4, 0.5) is 14.9 Å². The van der Waals surface area contributed by atoms with E-state index in [1.807, 2.05) is 0 Å². The van der Waals surface area contributed by atoms with E-state index < -0.39 is 35.7 Å². The molecule has 1 fully saturated rings. The highest BCUT2D eigenvalue weighted by molar-refractivity contribution is 6.10. The van der Waals surface area contributed by atoms with E-state index in [9.17, 15) is 18.8 Å². The number of benzene rings is 2. The third kappa shape index (κ3) is 3.46. The fourth-order valence-corrected chi connectivity index (χ4v) is 3.30. The summed E-state index contributed by atoms with van der Waals surface area (Å²) in [6, 6.07) is 9.62. The molecule has 9 heteroatoms. The van der Waals surface area contributed by atoms with Crippen LogP contribution in [0.15, 0.2) is 42.5 Å². The van der Waals surface area contributed by atoms with Crippen LogP contribution in [-0.2, 0) is 15.1 Å². The number of carbonyl (C=O) groups is 3. The fourth-order valence-electron chi connectivity index (χ4n) is 3.30. The van der Waals surface area contributed by atoms with Gasteiger partial charge in [0.2, 0.25) is 5.91 Å². The number of halogens is 1. The van der Waals surface area contributed by atoms with Crippen molar-refractivity contribution in [3.05, 3.63) is 53.8 Å². The molecule has 2 aliphatic rings. The lowest BCUT2D eigenvalue weighted by atomic mass is 9.91. The molecule has 1 saturated heterocycles. The fraction of sp³-hybridized carbons (Fsp3) is 0.250. The highest BCUT2D eigenvalue weighted by atomic mass is 19.1. The quantitative estimate of drug-likeness (QED) is 0.767. The van der Waals surface area contributed by atoms with Gasteiger partial charge in [0.05, 0.1) is 0 Å². The summed E-state index contributed by atoms with van der Waals surface area (Å²) < 4.78 is 24.3. The molecule has 29 heavy (non-hydrogen) atoms. The van der Waals surface area contributed by atoms with Crippen molar-refractivity contribution in [2.45, 2.75) is 12.5 Å². The Labute approximate surface area is 165 Å². The molecule has 150 valence electrons. The minimum absolute atomic E-state index is 0.233. The zero-order valence-electron chi connectivity index (χ0n) is 15.5. The molecule has 0 saturated carbocycles. The zero-order valence-corrected chi connectivity index (χ0v) is 15.5. The lowest BCUT2D eigenvalue weighted by molar-refractivity contribution is -0.133. The van der Waals surface area contributed by atoms with Crippen molar-refractivity contribution < 1.29 is 28.2 Å². The van der Waals surface area contributed by atoms with Gasteiger partial charge in [-0.05, 0) is 42.8 Å². The Morgan fingerprint density at radius 2 is 1.93 bits per heavy atom. The van der Waals surface area contributed by atoms with Crippen LogP contribution in [-0.4, -0.2) is 42.5 Å². The number of ether oxygens (including phenoxy) is 2. The van der Waals surface area contributed by atoms with E-state index in [1.54, 1.807) is 25.1 Å². The monoisotopic (exact) mass is 399 g/mol. The van der Waals surface area contributed by atoms with E-state index >= 15 is 0 Å². The lowest BCUT2D eigenvalue weighted by Crippen LogP contribution is -2.42. The molecule has 0 aromatic heterocycles. The van der Waals surface area contributed by atoms with Crippen molar-refractivity contribution in [1.82, 2.24) is 10.2 Å². The number of amides is 4. The van der Waals surface area contributed by atoms with Gasteiger partial charge in [0, 0.05) is 5.69 Å². The van der Waals surface area contributed by atoms with Crippen LogP contribution in [0.1, 0.15) is 12.5 Å². The molecule has 2 aromatic rings. The highest BCUT2D eigenvalue weighted by Crippen LogP contribution is 2.36. The Morgan fingerprint density at radius 3 is 2.69 bits per heavy atom. The zero-order chi connectivity index (χ0) is 20.6. The van der Waals surface area contributed by atoms with Gasteiger partial charge in [-0.15, -0.1) is 0 Å². The van der Waals surface area contributed by atoms with Crippen molar-refractivity contribution in [3.8, 4) is 11.5 Å². The molecule has 0 bridgehead atoms. The molecule has 2 aliphatic heterocycles. The van der Waals surface area contributed by atoms with Crippen molar-refractivity contribution in [2.75, 3.05) is 25.1 Å². The van der Waals surface area contributed by atoms with Crippen LogP contribution in [0.3, 0.4) is 0 Å². The third-order valence-corrected chi connectivity index (χ3v) is 4.80. The number of hydrogen-bond acceptors (Lipinski definition) is 5. The topological polar surface area (TPSA) is 97.0 Å². The van der Waals surface area contributed by atoms with E-state index in [2.05, 4.69) is 10.6 Å². The first-order valence-corrected chi connectivity index (χ1v) is 8.96. The average Bonchev–Trinajstić information content (AvgIpc) is 2.91. The van der Waals surface area contributed by atoms with Crippen LogP contribution in [0, 0.1) is 5.82 Å². The Bertz CT molecular complexity index is 1010.